The van der Waals surface area contributed by atoms with Gasteiger partial charge in [-0.25, -0.2) is 4.39 Å². The van der Waals surface area contributed by atoms with Crippen molar-refractivity contribution in [1.82, 2.24) is 0 Å². The van der Waals surface area contributed by atoms with E-state index in [1.165, 1.54) is 0 Å². The lowest BCUT2D eigenvalue weighted by atomic mass is 10.1. The second kappa shape index (κ2) is 3.68. The van der Waals surface area contributed by atoms with Gasteiger partial charge in [-0.1, -0.05) is 5.11 Å². The quantitative estimate of drug-likeness (QED) is 0.344. The number of aliphatic hydroxyl groups excluding tert-OH is 2. The summed E-state index contributed by atoms with van der Waals surface area (Å²) in [5.41, 5.74) is 7.98. The molecule has 1 fully saturated rings. The van der Waals surface area contributed by atoms with Gasteiger partial charge in [0, 0.05) is 4.91 Å². The monoisotopic (exact) mass is 177 g/mol. The van der Waals surface area contributed by atoms with Gasteiger partial charge in [-0.05, 0) is 5.53 Å². The zero-order valence-corrected chi connectivity index (χ0v) is 6.04. The van der Waals surface area contributed by atoms with Gasteiger partial charge in [0.15, 0.2) is 6.29 Å². The highest BCUT2D eigenvalue weighted by Crippen LogP contribution is 2.24. The molecule has 0 aromatic heterocycles. The molecule has 0 aliphatic carbocycles. The van der Waals surface area contributed by atoms with Crippen LogP contribution >= 0.6 is 0 Å². The first kappa shape index (κ1) is 9.21. The highest BCUT2D eigenvalue weighted by Gasteiger charge is 2.43. The van der Waals surface area contributed by atoms with Gasteiger partial charge in [0.2, 0.25) is 0 Å². The smallest absolute Gasteiger partial charge is 0.166 e. The van der Waals surface area contributed by atoms with Crippen LogP contribution in [-0.2, 0) is 4.74 Å². The lowest BCUT2D eigenvalue weighted by molar-refractivity contribution is -0.108. The standard InChI is InChI=1S/C5H8FN3O3/c6-3-2(1-10)12-5(11)4(3)8-9-7/h2-5,10-11H,1H2/t2-,3-,4-,5?/m1/s1. The van der Waals surface area contributed by atoms with Crippen molar-refractivity contribution < 1.29 is 19.3 Å². The number of azide groups is 1. The third-order valence-electron chi connectivity index (χ3n) is 1.65. The summed E-state index contributed by atoms with van der Waals surface area (Å²) in [4.78, 5) is 2.35. The van der Waals surface area contributed by atoms with E-state index in [2.05, 4.69) is 14.8 Å². The summed E-state index contributed by atoms with van der Waals surface area (Å²) in [6, 6.07) is -1.26. The minimum atomic E-state index is -1.65. The Hall–Kier alpha value is -0.880. The van der Waals surface area contributed by atoms with E-state index < -0.39 is 31.2 Å². The molecular weight excluding hydrogens is 169 g/mol. The van der Waals surface area contributed by atoms with Gasteiger partial charge in [-0.2, -0.15) is 0 Å². The molecule has 0 radical (unpaired) electrons. The van der Waals surface area contributed by atoms with Crippen molar-refractivity contribution in [3.8, 4) is 0 Å². The molecule has 2 N–H and O–H groups in total. The molecule has 0 saturated carbocycles. The molecule has 1 aliphatic heterocycles. The average molecular weight is 177 g/mol. The number of halogens is 1. The minimum Gasteiger partial charge on any atom is -0.394 e. The van der Waals surface area contributed by atoms with E-state index >= 15 is 0 Å². The molecule has 1 unspecified atom stereocenters. The lowest BCUT2D eigenvalue weighted by Gasteiger charge is -2.07. The van der Waals surface area contributed by atoms with Crippen LogP contribution in [0.3, 0.4) is 0 Å². The summed E-state index contributed by atoms with van der Waals surface area (Å²) in [7, 11) is 0. The largest absolute Gasteiger partial charge is 0.394 e. The zero-order chi connectivity index (χ0) is 9.14. The summed E-state index contributed by atoms with van der Waals surface area (Å²) >= 11 is 0. The first-order valence-corrected chi connectivity index (χ1v) is 3.33. The van der Waals surface area contributed by atoms with Crippen molar-refractivity contribution in [1.29, 1.82) is 0 Å². The minimum absolute atomic E-state index is 0.546. The molecule has 1 heterocycles. The molecule has 0 amide bonds. The van der Waals surface area contributed by atoms with Crippen LogP contribution in [0.5, 0.6) is 0 Å². The van der Waals surface area contributed by atoms with E-state index in [1.54, 1.807) is 0 Å². The first-order valence-electron chi connectivity index (χ1n) is 3.33. The molecule has 4 atom stereocenters. The fourth-order valence-electron chi connectivity index (χ4n) is 1.04. The number of alkyl halides is 1. The van der Waals surface area contributed by atoms with Crippen LogP contribution < -0.4 is 0 Å². The van der Waals surface area contributed by atoms with E-state index in [0.29, 0.717) is 0 Å². The summed E-state index contributed by atoms with van der Waals surface area (Å²) in [5.74, 6) is 0. The van der Waals surface area contributed by atoms with Crippen molar-refractivity contribution in [2.24, 2.45) is 5.11 Å². The molecule has 0 aromatic rings. The number of ether oxygens (including phenoxy) is 1. The van der Waals surface area contributed by atoms with Gasteiger partial charge in [-0.3, -0.25) is 0 Å². The van der Waals surface area contributed by atoms with Crippen LogP contribution in [0.4, 0.5) is 4.39 Å². The summed E-state index contributed by atoms with van der Waals surface area (Å²) in [6.07, 6.45) is -4.22. The molecule has 1 aliphatic rings. The molecule has 1 rings (SSSR count). The highest BCUT2D eigenvalue weighted by atomic mass is 19.1. The maximum absolute atomic E-state index is 13.0. The number of hydrogen-bond acceptors (Lipinski definition) is 4. The number of nitrogens with zero attached hydrogens (tertiary/aromatic N) is 3. The van der Waals surface area contributed by atoms with E-state index in [1.807, 2.05) is 0 Å². The second-order valence-electron chi connectivity index (χ2n) is 2.39. The Morgan fingerprint density at radius 2 is 2.33 bits per heavy atom. The van der Waals surface area contributed by atoms with Crippen molar-refractivity contribution >= 4 is 0 Å². The second-order valence-corrected chi connectivity index (χ2v) is 2.39. The van der Waals surface area contributed by atoms with Crippen LogP contribution in [0.25, 0.3) is 10.4 Å². The summed E-state index contributed by atoms with van der Waals surface area (Å²) in [5, 5.41) is 20.5. The Kier molecular flexibility index (Phi) is 2.83. The maximum Gasteiger partial charge on any atom is 0.166 e. The maximum atomic E-state index is 13.0. The first-order chi connectivity index (χ1) is 5.70. The fraction of sp³-hybridized carbons (Fsp3) is 1.00. The van der Waals surface area contributed by atoms with Crippen LogP contribution in [0.15, 0.2) is 5.11 Å². The van der Waals surface area contributed by atoms with Crippen LogP contribution in [0.1, 0.15) is 0 Å². The van der Waals surface area contributed by atoms with Crippen LogP contribution in [0, 0.1) is 0 Å². The molecular formula is C5H8FN3O3. The Morgan fingerprint density at radius 3 is 2.75 bits per heavy atom. The number of rotatable bonds is 2. The normalized spacial score (nSPS) is 40.9. The third kappa shape index (κ3) is 1.49. The van der Waals surface area contributed by atoms with Gasteiger partial charge in [0.05, 0.1) is 6.61 Å². The molecule has 1 saturated heterocycles. The van der Waals surface area contributed by atoms with Crippen molar-refractivity contribution in [3.63, 3.8) is 0 Å². The van der Waals surface area contributed by atoms with E-state index in [4.69, 9.17) is 15.7 Å². The van der Waals surface area contributed by atoms with Crippen LogP contribution in [0.2, 0.25) is 0 Å². The van der Waals surface area contributed by atoms with Crippen LogP contribution in [-0.4, -0.2) is 41.4 Å². The third-order valence-corrected chi connectivity index (χ3v) is 1.65. The number of aliphatic hydroxyl groups is 2. The van der Waals surface area contributed by atoms with Crippen molar-refractivity contribution in [2.75, 3.05) is 6.61 Å². The Balaban J connectivity index is 2.69. The van der Waals surface area contributed by atoms with Crippen molar-refractivity contribution in [3.05, 3.63) is 10.4 Å². The topological polar surface area (TPSA) is 98.5 Å². The van der Waals surface area contributed by atoms with Gasteiger partial charge in [0.1, 0.15) is 18.3 Å². The fourth-order valence-corrected chi connectivity index (χ4v) is 1.04. The molecule has 0 aromatic carbocycles. The van der Waals surface area contributed by atoms with E-state index in [0.717, 1.165) is 0 Å². The number of hydrogen-bond donors (Lipinski definition) is 2. The Morgan fingerprint density at radius 1 is 1.67 bits per heavy atom. The van der Waals surface area contributed by atoms with Gasteiger partial charge in [-0.15, -0.1) is 0 Å². The zero-order valence-electron chi connectivity index (χ0n) is 6.04. The van der Waals surface area contributed by atoms with Gasteiger partial charge >= 0.3 is 0 Å². The molecule has 68 valence electrons. The van der Waals surface area contributed by atoms with Gasteiger partial charge in [0.25, 0.3) is 0 Å². The molecule has 0 bridgehead atoms. The lowest BCUT2D eigenvalue weighted by Crippen LogP contribution is -2.28. The predicted octanol–water partition coefficient (Wildman–Crippen LogP) is -0.287. The molecule has 7 heteroatoms. The molecule has 0 spiro atoms. The molecule has 12 heavy (non-hydrogen) atoms. The Bertz CT molecular complexity index is 208. The molecule has 6 nitrogen and oxygen atoms in total. The van der Waals surface area contributed by atoms with Crippen molar-refractivity contribution in [2.45, 2.75) is 24.6 Å². The van der Waals surface area contributed by atoms with E-state index in [-0.39, 0.29) is 0 Å². The summed E-state index contributed by atoms with van der Waals surface area (Å²) in [6.45, 7) is -0.546. The highest BCUT2D eigenvalue weighted by molar-refractivity contribution is 4.91. The Labute approximate surface area is 67.2 Å². The predicted molar refractivity (Wildman–Crippen MR) is 35.8 cm³/mol. The summed E-state index contributed by atoms with van der Waals surface area (Å²) < 4.78 is 17.5. The van der Waals surface area contributed by atoms with Gasteiger partial charge < -0.3 is 14.9 Å². The SMILES string of the molecule is [N-]=[N+]=N[C@H]1C(O)O[C@H](CO)[C@H]1F. The van der Waals surface area contributed by atoms with E-state index in [9.17, 15) is 4.39 Å². The average Bonchev–Trinajstić information content (AvgIpc) is 2.32.